The summed E-state index contributed by atoms with van der Waals surface area (Å²) >= 11 is 0. The molecular formula is C17H23N5. The topological polar surface area (TPSA) is 48.1 Å². The minimum Gasteiger partial charge on any atom is -0.371 e. The van der Waals surface area contributed by atoms with Crippen molar-refractivity contribution in [2.24, 2.45) is 7.05 Å². The Morgan fingerprint density at radius 3 is 2.14 bits per heavy atom. The van der Waals surface area contributed by atoms with Gasteiger partial charge in [0.15, 0.2) is 0 Å². The van der Waals surface area contributed by atoms with E-state index in [1.165, 1.54) is 0 Å². The van der Waals surface area contributed by atoms with E-state index in [0.29, 0.717) is 5.56 Å². The van der Waals surface area contributed by atoms with Crippen LogP contribution >= 0.6 is 0 Å². The average molecular weight is 297 g/mol. The summed E-state index contributed by atoms with van der Waals surface area (Å²) in [5.74, 6) is 0. The molecule has 0 aliphatic carbocycles. The van der Waals surface area contributed by atoms with Gasteiger partial charge in [-0.1, -0.05) is 13.8 Å². The summed E-state index contributed by atoms with van der Waals surface area (Å²) in [5, 5.41) is 13.6. The molecule has 2 aromatic rings. The number of likely N-dealkylation sites (N-methyl/N-ethyl adjacent to an activating group) is 2. The van der Waals surface area contributed by atoms with Crippen LogP contribution in [0.5, 0.6) is 0 Å². The highest BCUT2D eigenvalue weighted by atomic mass is 15.2. The molecule has 0 saturated heterocycles. The molecule has 0 unspecified atom stereocenters. The lowest BCUT2D eigenvalue weighted by molar-refractivity contribution is 0.768. The maximum atomic E-state index is 9.43. The number of nitriles is 1. The molecule has 0 fully saturated rings. The molecule has 0 spiro atoms. The molecule has 1 aromatic heterocycles. The van der Waals surface area contributed by atoms with E-state index in [9.17, 15) is 5.26 Å². The summed E-state index contributed by atoms with van der Waals surface area (Å²) < 4.78 is 1.76. The quantitative estimate of drug-likeness (QED) is 0.812. The standard InChI is InChI=1S/C15H17N5.C2H6/c1-18-4-5-19(2)15-7-13(11(8-16)6-14(15)18)12-9-17-20(3)10-12;1-2/h6-7,9-10H,4-5H2,1-3H3;1-2H3. The molecule has 0 bridgehead atoms. The Kier molecular flexibility index (Phi) is 4.71. The smallest absolute Gasteiger partial charge is 0.0999 e. The first-order valence-electron chi connectivity index (χ1n) is 7.59. The number of hydrogen-bond acceptors (Lipinski definition) is 4. The highest BCUT2D eigenvalue weighted by molar-refractivity contribution is 5.83. The van der Waals surface area contributed by atoms with Crippen molar-refractivity contribution in [3.63, 3.8) is 0 Å². The first-order chi connectivity index (χ1) is 10.6. The SMILES string of the molecule is CC.CN1CCN(C)c2cc(-c3cnn(C)c3)c(C#N)cc21. The molecule has 3 rings (SSSR count). The Balaban J connectivity index is 0.000000847. The summed E-state index contributed by atoms with van der Waals surface area (Å²) in [6.07, 6.45) is 3.74. The molecule has 2 heterocycles. The summed E-state index contributed by atoms with van der Waals surface area (Å²) in [5.41, 5.74) is 4.90. The third-order valence-corrected chi connectivity index (χ3v) is 3.84. The third-order valence-electron chi connectivity index (χ3n) is 3.84. The van der Waals surface area contributed by atoms with Crippen LogP contribution in [0.3, 0.4) is 0 Å². The molecule has 1 aliphatic heterocycles. The van der Waals surface area contributed by atoms with Crippen LogP contribution in [-0.2, 0) is 7.05 Å². The van der Waals surface area contributed by atoms with E-state index >= 15 is 0 Å². The fourth-order valence-electron chi connectivity index (χ4n) is 2.62. The van der Waals surface area contributed by atoms with Gasteiger partial charge in [-0.25, -0.2) is 0 Å². The third kappa shape index (κ3) is 2.77. The molecule has 0 atom stereocenters. The first-order valence-corrected chi connectivity index (χ1v) is 7.59. The van der Waals surface area contributed by atoms with Crippen molar-refractivity contribution in [3.05, 3.63) is 30.1 Å². The van der Waals surface area contributed by atoms with E-state index < -0.39 is 0 Å². The Labute approximate surface area is 132 Å². The van der Waals surface area contributed by atoms with Crippen molar-refractivity contribution in [2.75, 3.05) is 37.0 Å². The van der Waals surface area contributed by atoms with E-state index in [1.54, 1.807) is 10.9 Å². The van der Waals surface area contributed by atoms with Gasteiger partial charge in [0, 0.05) is 51.6 Å². The zero-order valence-electron chi connectivity index (χ0n) is 14.0. The van der Waals surface area contributed by atoms with Crippen molar-refractivity contribution < 1.29 is 0 Å². The van der Waals surface area contributed by atoms with Gasteiger partial charge in [0.25, 0.3) is 0 Å². The zero-order chi connectivity index (χ0) is 16.3. The minimum atomic E-state index is 0.693. The predicted octanol–water partition coefficient (Wildman–Crippen LogP) is 2.87. The average Bonchev–Trinajstić information content (AvgIpc) is 2.98. The summed E-state index contributed by atoms with van der Waals surface area (Å²) in [7, 11) is 6.04. The van der Waals surface area contributed by atoms with E-state index in [4.69, 9.17) is 0 Å². The van der Waals surface area contributed by atoms with Crippen LogP contribution in [0.15, 0.2) is 24.5 Å². The van der Waals surface area contributed by atoms with Gasteiger partial charge >= 0.3 is 0 Å². The van der Waals surface area contributed by atoms with Gasteiger partial charge in [-0.05, 0) is 12.1 Å². The van der Waals surface area contributed by atoms with Gasteiger partial charge in [-0.3, -0.25) is 4.68 Å². The molecule has 0 amide bonds. The second kappa shape index (κ2) is 6.52. The molecule has 1 aliphatic rings. The molecule has 5 heteroatoms. The van der Waals surface area contributed by atoms with Gasteiger partial charge in [-0.15, -0.1) is 0 Å². The van der Waals surface area contributed by atoms with Crippen LogP contribution in [0.4, 0.5) is 11.4 Å². The van der Waals surface area contributed by atoms with Crippen molar-refractivity contribution in [1.82, 2.24) is 9.78 Å². The normalized spacial score (nSPS) is 13.1. The number of nitrogens with zero attached hydrogens (tertiary/aromatic N) is 5. The van der Waals surface area contributed by atoms with Crippen molar-refractivity contribution >= 4 is 11.4 Å². The number of rotatable bonds is 1. The van der Waals surface area contributed by atoms with E-state index in [2.05, 4.69) is 41.1 Å². The Morgan fingerprint density at radius 2 is 1.64 bits per heavy atom. The van der Waals surface area contributed by atoms with Crippen LogP contribution in [0.1, 0.15) is 19.4 Å². The lowest BCUT2D eigenvalue weighted by Gasteiger charge is -2.35. The lowest BCUT2D eigenvalue weighted by Crippen LogP contribution is -2.36. The Hall–Kier alpha value is -2.48. The van der Waals surface area contributed by atoms with Gasteiger partial charge in [0.2, 0.25) is 0 Å². The molecule has 0 N–H and O–H groups in total. The highest BCUT2D eigenvalue weighted by Crippen LogP contribution is 2.37. The molecular weight excluding hydrogens is 274 g/mol. The van der Waals surface area contributed by atoms with Gasteiger partial charge < -0.3 is 9.80 Å². The summed E-state index contributed by atoms with van der Waals surface area (Å²) in [6, 6.07) is 6.38. The monoisotopic (exact) mass is 297 g/mol. The fourth-order valence-corrected chi connectivity index (χ4v) is 2.62. The maximum absolute atomic E-state index is 9.43. The number of fused-ring (bicyclic) bond motifs is 1. The van der Waals surface area contributed by atoms with Crippen molar-refractivity contribution in [3.8, 4) is 17.2 Å². The van der Waals surface area contributed by atoms with Crippen molar-refractivity contribution in [2.45, 2.75) is 13.8 Å². The molecule has 22 heavy (non-hydrogen) atoms. The maximum Gasteiger partial charge on any atom is 0.0999 e. The zero-order valence-corrected chi connectivity index (χ0v) is 14.0. The second-order valence-electron chi connectivity index (χ2n) is 5.24. The van der Waals surface area contributed by atoms with Crippen LogP contribution in [0, 0.1) is 11.3 Å². The number of aromatic nitrogens is 2. The summed E-state index contributed by atoms with van der Waals surface area (Å²) in [4.78, 5) is 4.43. The van der Waals surface area contributed by atoms with Crippen LogP contribution in [-0.4, -0.2) is 37.0 Å². The van der Waals surface area contributed by atoms with Crippen LogP contribution in [0.2, 0.25) is 0 Å². The molecule has 5 nitrogen and oxygen atoms in total. The lowest BCUT2D eigenvalue weighted by atomic mass is 9.99. The minimum absolute atomic E-state index is 0.693. The molecule has 0 radical (unpaired) electrons. The van der Waals surface area contributed by atoms with Gasteiger partial charge in [0.05, 0.1) is 29.2 Å². The number of benzene rings is 1. The molecule has 1 aromatic carbocycles. The van der Waals surface area contributed by atoms with E-state index in [-0.39, 0.29) is 0 Å². The number of hydrogen-bond donors (Lipinski definition) is 0. The largest absolute Gasteiger partial charge is 0.371 e. The second-order valence-corrected chi connectivity index (χ2v) is 5.24. The number of aryl methyl sites for hydroxylation is 1. The van der Waals surface area contributed by atoms with Gasteiger partial charge in [-0.2, -0.15) is 10.4 Å². The summed E-state index contributed by atoms with van der Waals surface area (Å²) in [6.45, 7) is 5.96. The van der Waals surface area contributed by atoms with E-state index in [1.807, 2.05) is 33.2 Å². The molecule has 0 saturated carbocycles. The molecule has 116 valence electrons. The first kappa shape index (κ1) is 15.9. The fraction of sp³-hybridized carbons (Fsp3) is 0.412. The Morgan fingerprint density at radius 1 is 1.05 bits per heavy atom. The Bertz CT molecular complexity index is 696. The number of anilines is 2. The predicted molar refractivity (Wildman–Crippen MR) is 91.2 cm³/mol. The van der Waals surface area contributed by atoms with E-state index in [0.717, 1.165) is 35.6 Å². The van der Waals surface area contributed by atoms with Gasteiger partial charge in [0.1, 0.15) is 0 Å². The van der Waals surface area contributed by atoms with Crippen LogP contribution < -0.4 is 9.80 Å². The highest BCUT2D eigenvalue weighted by Gasteiger charge is 2.21. The van der Waals surface area contributed by atoms with Crippen LogP contribution in [0.25, 0.3) is 11.1 Å². The van der Waals surface area contributed by atoms with Crippen molar-refractivity contribution in [1.29, 1.82) is 5.26 Å².